The molecule has 6 atom stereocenters. The zero-order valence-electron chi connectivity index (χ0n) is 56.2. The summed E-state index contributed by atoms with van der Waals surface area (Å²) in [6.07, 6.45) is 41.9. The molecule has 0 aliphatic carbocycles. The highest BCUT2D eigenvalue weighted by atomic mass is 16.7. The molecule has 7 N–H and O–H groups in total. The standard InChI is InChI=1S/C69H135N3O16/c1-3-5-7-9-11-13-15-17-19-21-23-25-27-29-31-38-48-84-59-61(85-50-40-32-30-28-26-24-22-20-18-16-14-12-10-8-6-4-2)60-87-69(79)72-44-37-33-35-42-63(74)70-45-41-49-81-53-52-80-47-39-34-36-43-64(75)71-46-51-82-54-55-83-56-57-86-68-67(78)66(77)65(76)62(58-73)88-68/h61-62,65-68,73,76-78H,3-60H2,1-2H3,(H,70,74)(H,71,75)(H,72,79)/t61-,62?,65+,66-,67?,68-/m0/s1. The van der Waals surface area contributed by atoms with Gasteiger partial charge in [-0.3, -0.25) is 9.59 Å². The van der Waals surface area contributed by atoms with Crippen LogP contribution in [0, 0.1) is 0 Å². The number of ether oxygens (including phenoxy) is 9. The van der Waals surface area contributed by atoms with E-state index in [0.717, 1.165) is 57.8 Å². The van der Waals surface area contributed by atoms with Gasteiger partial charge in [0.05, 0.1) is 59.5 Å². The molecule has 0 aromatic carbocycles. The van der Waals surface area contributed by atoms with Gasteiger partial charge in [0, 0.05) is 58.9 Å². The first-order valence-electron chi connectivity index (χ1n) is 36.1. The summed E-state index contributed by atoms with van der Waals surface area (Å²) in [6, 6.07) is 0. The molecule has 0 aromatic rings. The van der Waals surface area contributed by atoms with Crippen LogP contribution < -0.4 is 16.0 Å². The topological polar surface area (TPSA) is 251 Å². The van der Waals surface area contributed by atoms with Crippen LogP contribution in [0.4, 0.5) is 4.79 Å². The second-order valence-corrected chi connectivity index (χ2v) is 24.4. The van der Waals surface area contributed by atoms with Crippen molar-refractivity contribution >= 4 is 17.9 Å². The van der Waals surface area contributed by atoms with E-state index in [1.807, 2.05) is 0 Å². The summed E-state index contributed by atoms with van der Waals surface area (Å²) in [5, 5.41) is 47.6. The SMILES string of the molecule is CCCCCCCCCCCCCCCCCCOC[C@@H](COC(=O)NCCCCCC(=O)NCCCOCCOCCCCCC(=O)NCCOCCOCCO[C@H]1OC(CO)[C@@H](O)[C@H](O)C1O)OCCCCCCCCCCCCCCCCCC. The van der Waals surface area contributed by atoms with E-state index < -0.39 is 43.4 Å². The first-order chi connectivity index (χ1) is 43.2. The third kappa shape index (κ3) is 55.4. The molecular formula is C69H135N3O16. The summed E-state index contributed by atoms with van der Waals surface area (Å²) < 4.78 is 50.7. The lowest BCUT2D eigenvalue weighted by Crippen LogP contribution is -2.59. The number of aliphatic hydroxyl groups excluding tert-OH is 4. The fraction of sp³-hybridized carbons (Fsp3) is 0.957. The zero-order chi connectivity index (χ0) is 63.7. The first-order valence-corrected chi connectivity index (χ1v) is 36.1. The molecule has 1 rings (SSSR count). The summed E-state index contributed by atoms with van der Waals surface area (Å²) in [6.45, 7) is 10.7. The van der Waals surface area contributed by atoms with Gasteiger partial charge in [0.25, 0.3) is 0 Å². The van der Waals surface area contributed by atoms with E-state index in [2.05, 4.69) is 29.8 Å². The number of nitrogens with one attached hydrogen (secondary N) is 3. The van der Waals surface area contributed by atoms with E-state index in [4.69, 9.17) is 42.6 Å². The van der Waals surface area contributed by atoms with Crippen LogP contribution in [0.1, 0.15) is 277 Å². The van der Waals surface area contributed by atoms with Gasteiger partial charge >= 0.3 is 6.09 Å². The number of hydrogen-bond donors (Lipinski definition) is 7. The van der Waals surface area contributed by atoms with Gasteiger partial charge in [-0.15, -0.1) is 0 Å². The Bertz CT molecular complexity index is 1490. The van der Waals surface area contributed by atoms with E-state index in [-0.39, 0.29) is 37.7 Å². The smallest absolute Gasteiger partial charge is 0.407 e. The van der Waals surface area contributed by atoms with Crippen LogP contribution in [0.15, 0.2) is 0 Å². The van der Waals surface area contributed by atoms with Crippen molar-refractivity contribution in [2.24, 2.45) is 0 Å². The maximum absolute atomic E-state index is 12.6. The van der Waals surface area contributed by atoms with Crippen molar-refractivity contribution in [3.63, 3.8) is 0 Å². The predicted octanol–water partition coefficient (Wildman–Crippen LogP) is 12.3. The average Bonchev–Trinajstić information content (AvgIpc) is 3.69. The fourth-order valence-electron chi connectivity index (χ4n) is 10.6. The number of hydrogen-bond acceptors (Lipinski definition) is 16. The molecule has 0 aromatic heterocycles. The normalized spacial score (nSPS) is 17.1. The summed E-state index contributed by atoms with van der Waals surface area (Å²) in [5.41, 5.74) is 0. The molecule has 1 aliphatic heterocycles. The Labute approximate surface area is 535 Å². The average molecular weight is 1260 g/mol. The highest BCUT2D eigenvalue weighted by molar-refractivity contribution is 5.76. The zero-order valence-corrected chi connectivity index (χ0v) is 56.2. The third-order valence-corrected chi connectivity index (χ3v) is 16.2. The van der Waals surface area contributed by atoms with Crippen LogP contribution in [-0.4, -0.2) is 187 Å². The molecule has 0 bridgehead atoms. The number of carbonyl (C=O) groups excluding carboxylic acids is 3. The van der Waals surface area contributed by atoms with E-state index in [0.29, 0.717) is 105 Å². The Balaban J connectivity index is 2.05. The predicted molar refractivity (Wildman–Crippen MR) is 350 cm³/mol. The molecule has 19 nitrogen and oxygen atoms in total. The molecule has 1 fully saturated rings. The van der Waals surface area contributed by atoms with E-state index >= 15 is 0 Å². The Morgan fingerprint density at radius 1 is 0.375 bits per heavy atom. The van der Waals surface area contributed by atoms with Gasteiger partial charge in [0.15, 0.2) is 6.29 Å². The van der Waals surface area contributed by atoms with Gasteiger partial charge in [0.2, 0.25) is 11.8 Å². The number of alkyl carbamates (subject to hydrolysis) is 1. The largest absolute Gasteiger partial charge is 0.447 e. The van der Waals surface area contributed by atoms with Crippen molar-refractivity contribution in [2.75, 3.05) is 112 Å². The lowest BCUT2D eigenvalue weighted by atomic mass is 9.99. The molecule has 3 amide bonds. The van der Waals surface area contributed by atoms with Crippen molar-refractivity contribution in [1.82, 2.24) is 16.0 Å². The van der Waals surface area contributed by atoms with Crippen molar-refractivity contribution in [3.8, 4) is 0 Å². The van der Waals surface area contributed by atoms with Crippen LogP contribution in [-0.2, 0) is 52.2 Å². The molecule has 0 spiro atoms. The first kappa shape index (κ1) is 83.7. The van der Waals surface area contributed by atoms with Crippen LogP contribution >= 0.6 is 0 Å². The van der Waals surface area contributed by atoms with Crippen LogP contribution in [0.3, 0.4) is 0 Å². The van der Waals surface area contributed by atoms with Gasteiger partial charge in [-0.25, -0.2) is 4.79 Å². The lowest BCUT2D eigenvalue weighted by Gasteiger charge is -2.39. The Hall–Kier alpha value is -2.27. The molecule has 1 heterocycles. The van der Waals surface area contributed by atoms with Crippen molar-refractivity contribution in [3.05, 3.63) is 0 Å². The van der Waals surface area contributed by atoms with Crippen LogP contribution in [0.5, 0.6) is 0 Å². The molecule has 522 valence electrons. The molecule has 0 radical (unpaired) electrons. The minimum atomic E-state index is -1.49. The van der Waals surface area contributed by atoms with Gasteiger partial charge < -0.3 is 79.0 Å². The van der Waals surface area contributed by atoms with Crippen molar-refractivity contribution in [2.45, 2.75) is 314 Å². The van der Waals surface area contributed by atoms with Gasteiger partial charge in [-0.1, -0.05) is 219 Å². The highest BCUT2D eigenvalue weighted by Crippen LogP contribution is 2.22. The second kappa shape index (κ2) is 66.2. The Kier molecular flexibility index (Phi) is 63.0. The van der Waals surface area contributed by atoms with Crippen molar-refractivity contribution < 1.29 is 77.4 Å². The summed E-state index contributed by atoms with van der Waals surface area (Å²) >= 11 is 0. The molecular weight excluding hydrogens is 1130 g/mol. The van der Waals surface area contributed by atoms with Crippen molar-refractivity contribution in [1.29, 1.82) is 0 Å². The maximum atomic E-state index is 12.6. The molecule has 1 saturated heterocycles. The van der Waals surface area contributed by atoms with Gasteiger partial charge in [0.1, 0.15) is 37.1 Å². The summed E-state index contributed by atoms with van der Waals surface area (Å²) in [7, 11) is 0. The van der Waals surface area contributed by atoms with E-state index in [1.165, 1.54) is 186 Å². The molecule has 1 aliphatic rings. The van der Waals surface area contributed by atoms with Crippen LogP contribution in [0.2, 0.25) is 0 Å². The minimum Gasteiger partial charge on any atom is -0.447 e. The fourth-order valence-corrected chi connectivity index (χ4v) is 10.6. The Morgan fingerprint density at radius 3 is 1.26 bits per heavy atom. The second-order valence-electron chi connectivity index (χ2n) is 24.4. The maximum Gasteiger partial charge on any atom is 0.407 e. The Morgan fingerprint density at radius 2 is 0.761 bits per heavy atom. The van der Waals surface area contributed by atoms with Gasteiger partial charge in [-0.05, 0) is 44.9 Å². The highest BCUT2D eigenvalue weighted by Gasteiger charge is 2.44. The number of unbranched alkanes of at least 4 members (excludes halogenated alkanes) is 34. The van der Waals surface area contributed by atoms with Gasteiger partial charge in [-0.2, -0.15) is 0 Å². The molecule has 0 saturated carbocycles. The third-order valence-electron chi connectivity index (χ3n) is 16.2. The number of rotatable bonds is 69. The lowest BCUT2D eigenvalue weighted by molar-refractivity contribution is -0.302. The quantitative estimate of drug-likeness (QED) is 0.0280. The number of carbonyl (C=O) groups is 3. The van der Waals surface area contributed by atoms with E-state index in [1.54, 1.807) is 0 Å². The molecule has 19 heteroatoms. The summed E-state index contributed by atoms with van der Waals surface area (Å²) in [4.78, 5) is 37.1. The minimum absolute atomic E-state index is 0.0175. The van der Waals surface area contributed by atoms with Crippen LogP contribution in [0.25, 0.3) is 0 Å². The molecule has 2 unspecified atom stereocenters. The summed E-state index contributed by atoms with van der Waals surface area (Å²) in [5.74, 6) is -0.0134. The monoisotopic (exact) mass is 1260 g/mol. The number of amides is 3. The number of aliphatic hydroxyl groups is 4. The van der Waals surface area contributed by atoms with E-state index in [9.17, 15) is 34.8 Å². The molecule has 88 heavy (non-hydrogen) atoms.